The average molecular weight is 373 g/mol. The summed E-state index contributed by atoms with van der Waals surface area (Å²) in [5, 5.41) is 6.55. The number of esters is 2. The zero-order valence-corrected chi connectivity index (χ0v) is 16.1. The molecule has 0 aromatic heterocycles. The third-order valence-electron chi connectivity index (χ3n) is 4.77. The number of benzene rings is 1. The maximum Gasteiger partial charge on any atom is 0.350 e. The Morgan fingerprint density at radius 2 is 1.70 bits per heavy atom. The summed E-state index contributed by atoms with van der Waals surface area (Å²) in [6, 6.07) is 8.42. The molecule has 146 valence electrons. The number of ether oxygens (including phenoxy) is 2. The van der Waals surface area contributed by atoms with Crippen molar-refractivity contribution in [2.45, 2.75) is 45.1 Å². The highest BCUT2D eigenvalue weighted by molar-refractivity contribution is 6.15. The van der Waals surface area contributed by atoms with Gasteiger partial charge < -0.3 is 25.0 Å². The van der Waals surface area contributed by atoms with Crippen LogP contribution < -0.4 is 10.6 Å². The fraction of sp³-hybridized carbons (Fsp3) is 0.500. The van der Waals surface area contributed by atoms with Crippen LogP contribution in [-0.4, -0.2) is 48.8 Å². The van der Waals surface area contributed by atoms with E-state index in [1.807, 2.05) is 24.3 Å². The van der Waals surface area contributed by atoms with Crippen molar-refractivity contribution in [2.24, 2.45) is 0 Å². The lowest BCUT2D eigenvalue weighted by Gasteiger charge is -2.29. The number of nitrogens with zero attached hydrogens (tertiary/aromatic N) is 1. The smallest absolute Gasteiger partial charge is 0.350 e. The van der Waals surface area contributed by atoms with Gasteiger partial charge in [0.05, 0.1) is 0 Å². The Labute approximate surface area is 159 Å². The van der Waals surface area contributed by atoms with E-state index in [4.69, 9.17) is 9.47 Å². The minimum atomic E-state index is -1.23. The molecular formula is C20H27N3O4. The first-order chi connectivity index (χ1) is 12.8. The zero-order valence-electron chi connectivity index (χ0n) is 16.1. The number of likely N-dealkylation sites (tertiary alicyclic amines) is 1. The van der Waals surface area contributed by atoms with Crippen molar-refractivity contribution in [1.29, 1.82) is 0 Å². The van der Waals surface area contributed by atoms with Crippen LogP contribution in [0.4, 0.5) is 5.69 Å². The fourth-order valence-electron chi connectivity index (χ4n) is 3.13. The molecule has 2 aliphatic heterocycles. The molecule has 0 bridgehead atoms. The molecule has 0 amide bonds. The average Bonchev–Trinajstić information content (AvgIpc) is 2.60. The van der Waals surface area contributed by atoms with Gasteiger partial charge in [0, 0.05) is 38.3 Å². The van der Waals surface area contributed by atoms with E-state index in [0.717, 1.165) is 25.3 Å². The summed E-state index contributed by atoms with van der Waals surface area (Å²) in [6.45, 7) is 6.13. The first-order valence-electron chi connectivity index (χ1n) is 9.27. The van der Waals surface area contributed by atoms with Gasteiger partial charge in [0.25, 0.3) is 5.79 Å². The summed E-state index contributed by atoms with van der Waals surface area (Å²) in [4.78, 5) is 26.2. The number of cyclic esters (lactones) is 2. The summed E-state index contributed by atoms with van der Waals surface area (Å²) < 4.78 is 10.1. The van der Waals surface area contributed by atoms with Gasteiger partial charge >= 0.3 is 11.9 Å². The molecule has 2 N–H and O–H groups in total. The second-order valence-corrected chi connectivity index (χ2v) is 7.54. The Hall–Kier alpha value is -2.38. The standard InChI is InChI=1S/C20H27N3O4/c1-20(2)26-18(24)17(19(25)27-20)13-22-15-6-4-14(5-7-15)12-21-16-8-10-23(3)11-9-16/h4-7,13,16,21-22H,8-12H2,1-3H3. The summed E-state index contributed by atoms with van der Waals surface area (Å²) in [5.41, 5.74) is 1.81. The van der Waals surface area contributed by atoms with Crippen LogP contribution in [0.3, 0.4) is 0 Å². The Bertz CT molecular complexity index is 697. The number of carbonyl (C=O) groups excluding carboxylic acids is 2. The fourth-order valence-corrected chi connectivity index (χ4v) is 3.13. The van der Waals surface area contributed by atoms with E-state index in [2.05, 4.69) is 22.6 Å². The number of anilines is 1. The molecule has 2 aliphatic rings. The largest absolute Gasteiger partial charge is 0.419 e. The third kappa shape index (κ3) is 5.30. The van der Waals surface area contributed by atoms with E-state index < -0.39 is 17.7 Å². The van der Waals surface area contributed by atoms with Gasteiger partial charge in [-0.05, 0) is 50.7 Å². The Kier molecular flexibility index (Phi) is 5.82. The Balaban J connectivity index is 1.52. The Morgan fingerprint density at radius 3 is 2.30 bits per heavy atom. The summed E-state index contributed by atoms with van der Waals surface area (Å²) in [5.74, 6) is -2.61. The molecule has 2 heterocycles. The van der Waals surface area contributed by atoms with Gasteiger partial charge in [-0.2, -0.15) is 0 Å². The number of carbonyl (C=O) groups is 2. The second-order valence-electron chi connectivity index (χ2n) is 7.54. The predicted octanol–water partition coefficient (Wildman–Crippen LogP) is 2.00. The van der Waals surface area contributed by atoms with Crippen molar-refractivity contribution in [1.82, 2.24) is 10.2 Å². The van der Waals surface area contributed by atoms with E-state index in [1.165, 1.54) is 38.5 Å². The van der Waals surface area contributed by atoms with Gasteiger partial charge in [-0.25, -0.2) is 9.59 Å². The molecule has 7 nitrogen and oxygen atoms in total. The highest BCUT2D eigenvalue weighted by Crippen LogP contribution is 2.22. The summed E-state index contributed by atoms with van der Waals surface area (Å²) >= 11 is 0. The molecule has 1 aromatic carbocycles. The quantitative estimate of drug-likeness (QED) is 0.464. The first kappa shape index (κ1) is 19.4. The molecule has 2 fully saturated rings. The lowest BCUT2D eigenvalue weighted by atomic mass is 10.1. The van der Waals surface area contributed by atoms with Gasteiger partial charge in [0.1, 0.15) is 0 Å². The molecule has 3 rings (SSSR count). The van der Waals surface area contributed by atoms with Crippen LogP contribution >= 0.6 is 0 Å². The van der Waals surface area contributed by atoms with E-state index in [-0.39, 0.29) is 5.57 Å². The van der Waals surface area contributed by atoms with Gasteiger partial charge in [-0.3, -0.25) is 0 Å². The van der Waals surface area contributed by atoms with Crippen molar-refractivity contribution < 1.29 is 19.1 Å². The number of nitrogens with one attached hydrogen (secondary N) is 2. The van der Waals surface area contributed by atoms with Gasteiger partial charge in [-0.15, -0.1) is 0 Å². The van der Waals surface area contributed by atoms with Crippen molar-refractivity contribution >= 4 is 17.6 Å². The van der Waals surface area contributed by atoms with Crippen LogP contribution in [0.15, 0.2) is 36.0 Å². The predicted molar refractivity (Wildman–Crippen MR) is 102 cm³/mol. The molecule has 0 spiro atoms. The highest BCUT2D eigenvalue weighted by atomic mass is 16.7. The van der Waals surface area contributed by atoms with E-state index in [1.54, 1.807) is 0 Å². The second kappa shape index (κ2) is 8.10. The van der Waals surface area contributed by atoms with Crippen LogP contribution in [-0.2, 0) is 25.6 Å². The minimum Gasteiger partial charge on any atom is -0.419 e. The molecule has 2 saturated heterocycles. The van der Waals surface area contributed by atoms with Gasteiger partial charge in [-0.1, -0.05) is 12.1 Å². The topological polar surface area (TPSA) is 79.9 Å². The Morgan fingerprint density at radius 1 is 1.11 bits per heavy atom. The van der Waals surface area contributed by atoms with Crippen LogP contribution in [0.1, 0.15) is 32.3 Å². The highest BCUT2D eigenvalue weighted by Gasteiger charge is 2.38. The van der Waals surface area contributed by atoms with E-state index in [9.17, 15) is 9.59 Å². The number of piperidine rings is 1. The van der Waals surface area contributed by atoms with Crippen molar-refractivity contribution in [2.75, 3.05) is 25.5 Å². The SMILES string of the molecule is CN1CCC(NCc2ccc(NC=C3C(=O)OC(C)(C)OC3=O)cc2)CC1. The molecular weight excluding hydrogens is 346 g/mol. The molecule has 27 heavy (non-hydrogen) atoms. The minimum absolute atomic E-state index is 0.151. The van der Waals surface area contributed by atoms with Crippen LogP contribution in [0, 0.1) is 0 Å². The van der Waals surface area contributed by atoms with Crippen molar-refractivity contribution in [3.63, 3.8) is 0 Å². The van der Waals surface area contributed by atoms with E-state index in [0.29, 0.717) is 6.04 Å². The molecule has 0 aliphatic carbocycles. The van der Waals surface area contributed by atoms with Crippen LogP contribution in [0.2, 0.25) is 0 Å². The zero-order chi connectivity index (χ0) is 19.4. The molecule has 0 atom stereocenters. The maximum absolute atomic E-state index is 11.9. The molecule has 0 saturated carbocycles. The molecule has 0 unspecified atom stereocenters. The maximum atomic E-state index is 11.9. The molecule has 1 aromatic rings. The molecule has 0 radical (unpaired) electrons. The molecule has 7 heteroatoms. The summed E-state index contributed by atoms with van der Waals surface area (Å²) in [6.07, 6.45) is 3.67. The monoisotopic (exact) mass is 373 g/mol. The third-order valence-corrected chi connectivity index (χ3v) is 4.77. The lowest BCUT2D eigenvalue weighted by Crippen LogP contribution is -2.42. The first-order valence-corrected chi connectivity index (χ1v) is 9.27. The van der Waals surface area contributed by atoms with Crippen molar-refractivity contribution in [3.05, 3.63) is 41.6 Å². The van der Waals surface area contributed by atoms with Crippen molar-refractivity contribution in [3.8, 4) is 0 Å². The van der Waals surface area contributed by atoms with Crippen LogP contribution in [0.25, 0.3) is 0 Å². The normalized spacial score (nSPS) is 20.8. The van der Waals surface area contributed by atoms with E-state index >= 15 is 0 Å². The number of hydrogen-bond donors (Lipinski definition) is 2. The summed E-state index contributed by atoms with van der Waals surface area (Å²) in [7, 11) is 2.16. The van der Waals surface area contributed by atoms with Gasteiger partial charge in [0.2, 0.25) is 0 Å². The van der Waals surface area contributed by atoms with Gasteiger partial charge in [0.15, 0.2) is 5.57 Å². The van der Waals surface area contributed by atoms with Crippen LogP contribution in [0.5, 0.6) is 0 Å². The lowest BCUT2D eigenvalue weighted by molar-refractivity contribution is -0.222. The number of rotatable bonds is 5. The number of hydrogen-bond acceptors (Lipinski definition) is 7.